The molecule has 0 saturated carbocycles. The van der Waals surface area contributed by atoms with Crippen LogP contribution in [0, 0.1) is 0 Å². The fraction of sp³-hybridized carbons (Fsp3) is 0.125. The molecule has 1 N–H and O–H groups in total. The molecule has 0 spiro atoms. The first-order valence-corrected chi connectivity index (χ1v) is 8.54. The van der Waals surface area contributed by atoms with Gasteiger partial charge >= 0.3 is 0 Å². The summed E-state index contributed by atoms with van der Waals surface area (Å²) in [5.41, 5.74) is 3.25. The fourth-order valence-electron chi connectivity index (χ4n) is 1.88. The van der Waals surface area contributed by atoms with E-state index in [1.54, 1.807) is 29.0 Å². The van der Waals surface area contributed by atoms with E-state index in [1.165, 1.54) is 11.3 Å². The lowest BCUT2D eigenvalue weighted by molar-refractivity contribution is 0.0951. The van der Waals surface area contributed by atoms with Crippen LogP contribution in [0.15, 0.2) is 52.7 Å². The third-order valence-electron chi connectivity index (χ3n) is 2.97. The number of aromatic nitrogens is 1. The summed E-state index contributed by atoms with van der Waals surface area (Å²) < 4.78 is 5.66. The topological polar surface area (TPSA) is 51.2 Å². The minimum atomic E-state index is -0.104. The van der Waals surface area contributed by atoms with Gasteiger partial charge in [-0.2, -0.15) is 0 Å². The lowest BCUT2D eigenvalue weighted by atomic mass is 10.2. The predicted octanol–water partition coefficient (Wildman–Crippen LogP) is 3.71. The molecule has 0 saturated heterocycles. The number of carbonyl (C=O) groups excluding carboxylic acids is 1. The zero-order chi connectivity index (χ0) is 15.2. The van der Waals surface area contributed by atoms with E-state index in [4.69, 9.17) is 4.74 Å². The van der Waals surface area contributed by atoms with E-state index in [0.29, 0.717) is 24.5 Å². The highest BCUT2D eigenvalue weighted by atomic mass is 32.1. The normalized spacial score (nSPS) is 10.4. The summed E-state index contributed by atoms with van der Waals surface area (Å²) >= 11 is 3.16. The van der Waals surface area contributed by atoms with Gasteiger partial charge in [0.15, 0.2) is 0 Å². The molecule has 6 heteroatoms. The molecule has 0 atom stereocenters. The Balaban J connectivity index is 1.59. The molecule has 2 heterocycles. The van der Waals surface area contributed by atoms with Gasteiger partial charge < -0.3 is 10.1 Å². The van der Waals surface area contributed by atoms with Gasteiger partial charge in [-0.25, -0.2) is 4.98 Å². The Morgan fingerprint density at radius 2 is 2.23 bits per heavy atom. The second-order valence-electron chi connectivity index (χ2n) is 4.56. The predicted molar refractivity (Wildman–Crippen MR) is 88.4 cm³/mol. The van der Waals surface area contributed by atoms with Crippen LogP contribution in [0.2, 0.25) is 0 Å². The van der Waals surface area contributed by atoms with Gasteiger partial charge in [-0.1, -0.05) is 12.1 Å². The molecule has 0 aliphatic rings. The van der Waals surface area contributed by atoms with Gasteiger partial charge in [0, 0.05) is 15.8 Å². The van der Waals surface area contributed by atoms with Crippen molar-refractivity contribution in [3.63, 3.8) is 0 Å². The zero-order valence-electron chi connectivity index (χ0n) is 11.7. The molecular weight excluding hydrogens is 316 g/mol. The molecule has 22 heavy (non-hydrogen) atoms. The number of nitrogens with one attached hydrogen (secondary N) is 1. The molecule has 1 amide bonds. The number of ether oxygens (including phenoxy) is 1. The smallest absolute Gasteiger partial charge is 0.251 e. The first kappa shape index (κ1) is 14.7. The molecule has 0 aliphatic carbocycles. The summed E-state index contributed by atoms with van der Waals surface area (Å²) in [6.07, 6.45) is 0. The first-order chi connectivity index (χ1) is 10.8. The van der Waals surface area contributed by atoms with Crippen molar-refractivity contribution in [2.75, 3.05) is 0 Å². The molecule has 0 radical (unpaired) electrons. The Morgan fingerprint density at radius 3 is 3.00 bits per heavy atom. The molecular formula is C16H14N2O2S2. The number of nitrogens with zero attached hydrogens (tertiary/aromatic N) is 1. The Kier molecular flexibility index (Phi) is 4.82. The summed E-state index contributed by atoms with van der Waals surface area (Å²) in [4.78, 5) is 17.4. The van der Waals surface area contributed by atoms with E-state index in [1.807, 2.05) is 35.0 Å². The number of hydrogen-bond acceptors (Lipinski definition) is 5. The van der Waals surface area contributed by atoms with Gasteiger partial charge in [-0.15, -0.1) is 22.7 Å². The van der Waals surface area contributed by atoms with Crippen LogP contribution in [0.1, 0.15) is 20.9 Å². The molecule has 0 unspecified atom stereocenters. The van der Waals surface area contributed by atoms with Crippen molar-refractivity contribution in [1.82, 2.24) is 10.3 Å². The SMILES string of the molecule is O=C(NCc1cccs1)c1cccc(OCc2cscn2)c1. The second-order valence-corrected chi connectivity index (χ2v) is 6.31. The highest BCUT2D eigenvalue weighted by Crippen LogP contribution is 2.16. The van der Waals surface area contributed by atoms with Crippen LogP contribution in [-0.4, -0.2) is 10.9 Å². The van der Waals surface area contributed by atoms with Crippen molar-refractivity contribution in [2.24, 2.45) is 0 Å². The maximum atomic E-state index is 12.2. The van der Waals surface area contributed by atoms with Crippen molar-refractivity contribution in [1.29, 1.82) is 0 Å². The lowest BCUT2D eigenvalue weighted by Gasteiger charge is -2.07. The molecule has 0 fully saturated rings. The summed E-state index contributed by atoms with van der Waals surface area (Å²) in [5.74, 6) is 0.560. The monoisotopic (exact) mass is 330 g/mol. The summed E-state index contributed by atoms with van der Waals surface area (Å²) in [7, 11) is 0. The number of rotatable bonds is 6. The van der Waals surface area contributed by atoms with E-state index >= 15 is 0 Å². The zero-order valence-corrected chi connectivity index (χ0v) is 13.3. The van der Waals surface area contributed by atoms with E-state index < -0.39 is 0 Å². The number of hydrogen-bond donors (Lipinski definition) is 1. The van der Waals surface area contributed by atoms with E-state index in [-0.39, 0.29) is 5.91 Å². The quantitative estimate of drug-likeness (QED) is 0.749. The van der Waals surface area contributed by atoms with Crippen molar-refractivity contribution in [3.05, 3.63) is 68.8 Å². The minimum Gasteiger partial charge on any atom is -0.487 e. The fourth-order valence-corrected chi connectivity index (χ4v) is 3.06. The molecule has 0 aliphatic heterocycles. The highest BCUT2D eigenvalue weighted by molar-refractivity contribution is 7.09. The summed E-state index contributed by atoms with van der Waals surface area (Å²) in [6, 6.07) is 11.1. The average Bonchev–Trinajstić information content (AvgIpc) is 3.24. The van der Waals surface area contributed by atoms with Gasteiger partial charge in [0.25, 0.3) is 5.91 Å². The average molecular weight is 330 g/mol. The molecule has 4 nitrogen and oxygen atoms in total. The van der Waals surface area contributed by atoms with Crippen LogP contribution < -0.4 is 10.1 Å². The number of carbonyl (C=O) groups is 1. The number of amides is 1. The van der Waals surface area contributed by atoms with Crippen molar-refractivity contribution >= 4 is 28.6 Å². The van der Waals surface area contributed by atoms with Crippen LogP contribution in [0.25, 0.3) is 0 Å². The maximum Gasteiger partial charge on any atom is 0.251 e. The van der Waals surface area contributed by atoms with Crippen LogP contribution >= 0.6 is 22.7 Å². The molecule has 3 rings (SSSR count). The number of thiophene rings is 1. The standard InChI is InChI=1S/C16H14N2O2S2/c19-16(17-8-15-5-2-6-22-15)12-3-1-4-14(7-12)20-9-13-10-21-11-18-13/h1-7,10-11H,8-9H2,(H,17,19). The molecule has 2 aromatic heterocycles. The van der Waals surface area contributed by atoms with Gasteiger partial charge in [0.2, 0.25) is 0 Å². The van der Waals surface area contributed by atoms with E-state index in [2.05, 4.69) is 10.3 Å². The van der Waals surface area contributed by atoms with Crippen LogP contribution in [0.5, 0.6) is 5.75 Å². The highest BCUT2D eigenvalue weighted by Gasteiger charge is 2.07. The molecule has 112 valence electrons. The van der Waals surface area contributed by atoms with Gasteiger partial charge in [0.1, 0.15) is 12.4 Å². The van der Waals surface area contributed by atoms with Crippen LogP contribution in [0.4, 0.5) is 0 Å². The number of benzene rings is 1. The van der Waals surface area contributed by atoms with E-state index in [9.17, 15) is 4.79 Å². The van der Waals surface area contributed by atoms with Crippen molar-refractivity contribution < 1.29 is 9.53 Å². The van der Waals surface area contributed by atoms with Crippen molar-refractivity contribution in [2.45, 2.75) is 13.2 Å². The van der Waals surface area contributed by atoms with Gasteiger partial charge in [-0.3, -0.25) is 4.79 Å². The lowest BCUT2D eigenvalue weighted by Crippen LogP contribution is -2.22. The summed E-state index contributed by atoms with van der Waals surface area (Å²) in [6.45, 7) is 0.949. The van der Waals surface area contributed by atoms with Crippen LogP contribution in [-0.2, 0) is 13.2 Å². The molecule has 1 aromatic carbocycles. The Morgan fingerprint density at radius 1 is 1.27 bits per heavy atom. The Hall–Kier alpha value is -2.18. The largest absolute Gasteiger partial charge is 0.487 e. The maximum absolute atomic E-state index is 12.2. The first-order valence-electron chi connectivity index (χ1n) is 6.72. The third-order valence-corrected chi connectivity index (χ3v) is 4.48. The van der Waals surface area contributed by atoms with Crippen molar-refractivity contribution in [3.8, 4) is 5.75 Å². The minimum absolute atomic E-state index is 0.104. The second kappa shape index (κ2) is 7.20. The Bertz CT molecular complexity index is 724. The van der Waals surface area contributed by atoms with Gasteiger partial charge in [-0.05, 0) is 29.6 Å². The number of thiazole rings is 1. The summed E-state index contributed by atoms with van der Waals surface area (Å²) in [5, 5.41) is 6.84. The molecule has 0 bridgehead atoms. The van der Waals surface area contributed by atoms with Gasteiger partial charge in [0.05, 0.1) is 17.7 Å². The van der Waals surface area contributed by atoms with Crippen LogP contribution in [0.3, 0.4) is 0 Å². The Labute approximate surface area is 136 Å². The molecule has 3 aromatic rings. The third kappa shape index (κ3) is 3.93. The van der Waals surface area contributed by atoms with E-state index in [0.717, 1.165) is 10.6 Å².